The van der Waals surface area contributed by atoms with Crippen LogP contribution in [-0.4, -0.2) is 41.5 Å². The molecular weight excluding hydrogens is 272 g/mol. The number of nitro benzene ring substituents is 1. The molecule has 1 atom stereocenters. The topological polar surface area (TPSA) is 72.7 Å². The molecule has 0 spiro atoms. The normalized spacial score (nSPS) is 19.3. The van der Waals surface area contributed by atoms with Gasteiger partial charge in [0.25, 0.3) is 11.6 Å². The zero-order chi connectivity index (χ0) is 14.0. The van der Waals surface area contributed by atoms with E-state index in [1.54, 1.807) is 4.90 Å². The third-order valence-corrected chi connectivity index (χ3v) is 3.34. The fraction of sp³-hybridized carbons (Fsp3) is 0.417. The molecular formula is C12H13ClN2O4. The summed E-state index contributed by atoms with van der Waals surface area (Å²) in [5, 5.41) is 10.8. The molecule has 1 amide bonds. The largest absolute Gasteiger partial charge is 0.377 e. The van der Waals surface area contributed by atoms with Crippen molar-refractivity contribution in [2.45, 2.75) is 13.0 Å². The van der Waals surface area contributed by atoms with Gasteiger partial charge in [-0.05, 0) is 19.1 Å². The molecule has 19 heavy (non-hydrogen) atoms. The van der Waals surface area contributed by atoms with Gasteiger partial charge in [-0.3, -0.25) is 14.9 Å². The third-order valence-electron chi connectivity index (χ3n) is 3.02. The van der Waals surface area contributed by atoms with E-state index < -0.39 is 4.92 Å². The number of halogens is 1. The van der Waals surface area contributed by atoms with Gasteiger partial charge in [0.1, 0.15) is 5.02 Å². The minimum atomic E-state index is -0.595. The van der Waals surface area contributed by atoms with Crippen LogP contribution in [0.15, 0.2) is 18.2 Å². The van der Waals surface area contributed by atoms with Crippen LogP contribution in [0.2, 0.25) is 5.02 Å². The van der Waals surface area contributed by atoms with Crippen LogP contribution in [0.1, 0.15) is 17.3 Å². The fourth-order valence-electron chi connectivity index (χ4n) is 1.98. The highest BCUT2D eigenvalue weighted by Crippen LogP contribution is 2.26. The van der Waals surface area contributed by atoms with Crippen LogP contribution >= 0.6 is 11.6 Å². The van der Waals surface area contributed by atoms with Gasteiger partial charge >= 0.3 is 0 Å². The lowest BCUT2D eigenvalue weighted by molar-refractivity contribution is -0.384. The Morgan fingerprint density at radius 3 is 2.95 bits per heavy atom. The molecule has 6 nitrogen and oxygen atoms in total. The molecule has 102 valence electrons. The van der Waals surface area contributed by atoms with Gasteiger partial charge in [-0.15, -0.1) is 0 Å². The van der Waals surface area contributed by atoms with E-state index in [1.807, 2.05) is 6.92 Å². The minimum Gasteiger partial charge on any atom is -0.377 e. The monoisotopic (exact) mass is 284 g/mol. The molecule has 0 aromatic heterocycles. The van der Waals surface area contributed by atoms with Gasteiger partial charge in [0.15, 0.2) is 0 Å². The van der Waals surface area contributed by atoms with Crippen LogP contribution in [0.3, 0.4) is 0 Å². The molecule has 0 radical (unpaired) electrons. The molecule has 1 aromatic rings. The molecule has 0 unspecified atom stereocenters. The number of hydrogen-bond acceptors (Lipinski definition) is 4. The summed E-state index contributed by atoms with van der Waals surface area (Å²) in [6, 6.07) is 4.04. The van der Waals surface area contributed by atoms with Crippen molar-refractivity contribution in [3.8, 4) is 0 Å². The minimum absolute atomic E-state index is 0.0246. The Kier molecular flexibility index (Phi) is 4.01. The van der Waals surface area contributed by atoms with Gasteiger partial charge in [0.05, 0.1) is 24.2 Å². The highest BCUT2D eigenvalue weighted by Gasteiger charge is 2.26. The number of nitro groups is 1. The van der Waals surface area contributed by atoms with E-state index in [0.717, 1.165) is 0 Å². The van der Waals surface area contributed by atoms with E-state index in [4.69, 9.17) is 16.3 Å². The maximum Gasteiger partial charge on any atom is 0.288 e. The van der Waals surface area contributed by atoms with Crippen molar-refractivity contribution >= 4 is 23.2 Å². The average Bonchev–Trinajstić information content (AvgIpc) is 2.38. The van der Waals surface area contributed by atoms with Crippen molar-refractivity contribution in [3.63, 3.8) is 0 Å². The summed E-state index contributed by atoms with van der Waals surface area (Å²) in [6.07, 6.45) is 0. The summed E-state index contributed by atoms with van der Waals surface area (Å²) in [6.45, 7) is 3.31. The number of hydrogen-bond donors (Lipinski definition) is 0. The molecule has 0 N–H and O–H groups in total. The van der Waals surface area contributed by atoms with E-state index in [-0.39, 0.29) is 28.2 Å². The molecule has 1 saturated heterocycles. The van der Waals surface area contributed by atoms with Gasteiger partial charge in [0, 0.05) is 18.2 Å². The van der Waals surface area contributed by atoms with Crippen molar-refractivity contribution in [2.75, 3.05) is 19.8 Å². The third kappa shape index (κ3) is 2.85. The van der Waals surface area contributed by atoms with Gasteiger partial charge < -0.3 is 9.64 Å². The van der Waals surface area contributed by atoms with E-state index in [1.165, 1.54) is 18.2 Å². The predicted molar refractivity (Wildman–Crippen MR) is 69.4 cm³/mol. The fourth-order valence-corrected chi connectivity index (χ4v) is 2.17. The lowest BCUT2D eigenvalue weighted by Gasteiger charge is -2.33. The molecule has 2 rings (SSSR count). The molecule has 0 bridgehead atoms. The highest BCUT2D eigenvalue weighted by molar-refractivity contribution is 6.32. The number of carbonyl (C=O) groups excluding carboxylic acids is 1. The lowest BCUT2D eigenvalue weighted by Crippen LogP contribution is -2.47. The van der Waals surface area contributed by atoms with Crippen LogP contribution in [0, 0.1) is 10.1 Å². The first kappa shape index (κ1) is 13.8. The van der Waals surface area contributed by atoms with Gasteiger partial charge in [0.2, 0.25) is 0 Å². The number of morpholine rings is 1. The predicted octanol–water partition coefficient (Wildman–Crippen LogP) is 2.11. The maximum atomic E-state index is 12.3. The first-order valence-corrected chi connectivity index (χ1v) is 6.21. The van der Waals surface area contributed by atoms with Crippen molar-refractivity contribution < 1.29 is 14.5 Å². The van der Waals surface area contributed by atoms with Crippen LogP contribution in [0.4, 0.5) is 5.69 Å². The van der Waals surface area contributed by atoms with Gasteiger partial charge in [-0.1, -0.05) is 11.6 Å². The van der Waals surface area contributed by atoms with Crippen LogP contribution in [-0.2, 0) is 4.74 Å². The summed E-state index contributed by atoms with van der Waals surface area (Å²) < 4.78 is 5.26. The second kappa shape index (κ2) is 5.54. The molecule has 7 heteroatoms. The Hall–Kier alpha value is -1.66. The molecule has 1 heterocycles. The number of amides is 1. The average molecular weight is 285 g/mol. The van der Waals surface area contributed by atoms with Crippen LogP contribution in [0.25, 0.3) is 0 Å². The number of ether oxygens (including phenoxy) is 1. The summed E-state index contributed by atoms with van der Waals surface area (Å²) in [5.41, 5.74) is 0.0123. The molecule has 1 fully saturated rings. The van der Waals surface area contributed by atoms with Gasteiger partial charge in [-0.2, -0.15) is 0 Å². The standard InChI is InChI=1S/C12H13ClN2O4/c1-8-7-19-5-4-14(8)12(16)9-2-3-10(13)11(6-9)15(17)18/h2-3,6,8H,4-5,7H2,1H3/t8-/m1/s1. The first-order chi connectivity index (χ1) is 9.00. The quantitative estimate of drug-likeness (QED) is 0.616. The molecule has 1 aliphatic rings. The lowest BCUT2D eigenvalue weighted by atomic mass is 10.1. The second-order valence-corrected chi connectivity index (χ2v) is 4.75. The van der Waals surface area contributed by atoms with Crippen molar-refractivity contribution in [3.05, 3.63) is 38.9 Å². The number of benzene rings is 1. The van der Waals surface area contributed by atoms with Crippen molar-refractivity contribution in [2.24, 2.45) is 0 Å². The number of rotatable bonds is 2. The van der Waals surface area contributed by atoms with Crippen molar-refractivity contribution in [1.82, 2.24) is 4.90 Å². The zero-order valence-corrected chi connectivity index (χ0v) is 11.1. The molecule has 1 aromatic carbocycles. The maximum absolute atomic E-state index is 12.3. The summed E-state index contributed by atoms with van der Waals surface area (Å²) in [5.74, 6) is -0.240. The Bertz CT molecular complexity index is 520. The van der Waals surface area contributed by atoms with Gasteiger partial charge in [-0.25, -0.2) is 0 Å². The van der Waals surface area contributed by atoms with Crippen LogP contribution in [0.5, 0.6) is 0 Å². The number of nitrogens with zero attached hydrogens (tertiary/aromatic N) is 2. The van der Waals surface area contributed by atoms with Crippen molar-refractivity contribution in [1.29, 1.82) is 0 Å². The number of carbonyl (C=O) groups is 1. The Balaban J connectivity index is 2.28. The Morgan fingerprint density at radius 2 is 2.32 bits per heavy atom. The Labute approximate surface area is 115 Å². The van der Waals surface area contributed by atoms with Crippen LogP contribution < -0.4 is 0 Å². The molecule has 1 aliphatic heterocycles. The zero-order valence-electron chi connectivity index (χ0n) is 10.3. The smallest absolute Gasteiger partial charge is 0.288 e. The Morgan fingerprint density at radius 1 is 1.58 bits per heavy atom. The van der Waals surface area contributed by atoms with E-state index in [2.05, 4.69) is 0 Å². The second-order valence-electron chi connectivity index (χ2n) is 4.35. The first-order valence-electron chi connectivity index (χ1n) is 5.83. The highest BCUT2D eigenvalue weighted by atomic mass is 35.5. The van der Waals surface area contributed by atoms with E-state index >= 15 is 0 Å². The van der Waals surface area contributed by atoms with E-state index in [0.29, 0.717) is 19.8 Å². The molecule has 0 aliphatic carbocycles. The SMILES string of the molecule is C[C@@H]1COCCN1C(=O)c1ccc(Cl)c([N+](=O)[O-])c1. The summed E-state index contributed by atoms with van der Waals surface area (Å²) in [7, 11) is 0. The summed E-state index contributed by atoms with van der Waals surface area (Å²) in [4.78, 5) is 24.2. The molecule has 0 saturated carbocycles. The van der Waals surface area contributed by atoms with E-state index in [9.17, 15) is 14.9 Å². The summed E-state index contributed by atoms with van der Waals surface area (Å²) >= 11 is 5.72.